The van der Waals surface area contributed by atoms with Gasteiger partial charge in [-0.05, 0) is 29.5 Å². The third-order valence-corrected chi connectivity index (χ3v) is 3.50. The Kier molecular flexibility index (Phi) is 3.45. The quantitative estimate of drug-likeness (QED) is 0.816. The minimum atomic E-state index is -1.17. The number of nitrogens with zero attached hydrogens (tertiary/aromatic N) is 3. The van der Waals surface area contributed by atoms with Gasteiger partial charge in [-0.15, -0.1) is 0 Å². The molecule has 2 rings (SSSR count). The van der Waals surface area contributed by atoms with Crippen LogP contribution in [0.3, 0.4) is 0 Å². The molecule has 0 saturated heterocycles. The van der Waals surface area contributed by atoms with Crippen LogP contribution in [0.4, 0.5) is 0 Å². The molecule has 8 heteroatoms. The molecule has 2 heterocycles. The number of aryl methyl sites for hydroxylation is 1. The Morgan fingerprint density at radius 3 is 2.94 bits per heavy atom. The molecule has 0 aliphatic rings. The number of carbonyl (C=O) groups is 1. The third kappa shape index (κ3) is 2.42. The molecule has 0 saturated carbocycles. The average Bonchev–Trinajstić information content (AvgIpc) is 2.79. The molecule has 7 nitrogen and oxygen atoms in total. The summed E-state index contributed by atoms with van der Waals surface area (Å²) in [5, 5.41) is 12.1. The van der Waals surface area contributed by atoms with Crippen molar-refractivity contribution >= 4 is 28.6 Å². The Morgan fingerprint density at radius 2 is 2.33 bits per heavy atom. The van der Waals surface area contributed by atoms with E-state index in [2.05, 4.69) is 10.1 Å². The number of carboxylic acids is 1. The number of halogens is 1. The van der Waals surface area contributed by atoms with Gasteiger partial charge < -0.3 is 9.63 Å². The zero-order valence-electron chi connectivity index (χ0n) is 9.25. The number of hydrogen-bond donors (Lipinski definition) is 1. The van der Waals surface area contributed by atoms with Crippen LogP contribution in [0.5, 0.6) is 0 Å². The summed E-state index contributed by atoms with van der Waals surface area (Å²) in [7, 11) is 0. The summed E-state index contributed by atoms with van der Waals surface area (Å²) < 4.78 is 6.69. The molecule has 0 radical (unpaired) electrons. The van der Waals surface area contributed by atoms with Crippen LogP contribution in [-0.2, 0) is 6.54 Å². The van der Waals surface area contributed by atoms with Crippen molar-refractivity contribution < 1.29 is 14.4 Å². The molecule has 0 aliphatic carbocycles. The summed E-state index contributed by atoms with van der Waals surface area (Å²) in [5.74, 6) is -0.884. The van der Waals surface area contributed by atoms with Gasteiger partial charge >= 0.3 is 5.97 Å². The van der Waals surface area contributed by atoms with Gasteiger partial charge in [0, 0.05) is 6.07 Å². The van der Waals surface area contributed by atoms with Gasteiger partial charge in [0.1, 0.15) is 0 Å². The van der Waals surface area contributed by atoms with Crippen LogP contribution in [0.25, 0.3) is 0 Å². The summed E-state index contributed by atoms with van der Waals surface area (Å²) in [6, 6.07) is 1.28. The lowest BCUT2D eigenvalue weighted by molar-refractivity contribution is 0.0685. The fraction of sp³-hybridized carbons (Fsp3) is 0.200. The molecule has 0 aliphatic heterocycles. The Labute approximate surface area is 115 Å². The first-order valence-corrected chi connectivity index (χ1v) is 5.97. The summed E-state index contributed by atoms with van der Waals surface area (Å²) in [6.07, 6.45) is 1.39. The lowest BCUT2D eigenvalue weighted by Crippen LogP contribution is -2.24. The zero-order chi connectivity index (χ0) is 13.3. The minimum absolute atomic E-state index is 0.0996. The van der Waals surface area contributed by atoms with Crippen molar-refractivity contribution in [1.29, 1.82) is 0 Å². The van der Waals surface area contributed by atoms with E-state index in [4.69, 9.17) is 9.63 Å². The zero-order valence-corrected chi connectivity index (χ0v) is 11.4. The number of carboxylic acid groups (broad SMARTS) is 1. The van der Waals surface area contributed by atoms with Gasteiger partial charge in [-0.2, -0.15) is 0 Å². The van der Waals surface area contributed by atoms with E-state index in [1.54, 1.807) is 6.92 Å². The SMILES string of the molecule is Cc1ncn(Cc2cc(C(=O)O)no2)c(=O)c1I. The maximum absolute atomic E-state index is 11.9. The van der Waals surface area contributed by atoms with Crippen molar-refractivity contribution in [2.45, 2.75) is 13.5 Å². The fourth-order valence-electron chi connectivity index (χ4n) is 1.32. The predicted molar refractivity (Wildman–Crippen MR) is 68.5 cm³/mol. The Balaban J connectivity index is 2.31. The lowest BCUT2D eigenvalue weighted by Gasteiger charge is -2.03. The molecule has 1 N–H and O–H groups in total. The van der Waals surface area contributed by atoms with Crippen molar-refractivity contribution in [1.82, 2.24) is 14.7 Å². The van der Waals surface area contributed by atoms with E-state index in [0.717, 1.165) is 0 Å². The Hall–Kier alpha value is -1.71. The minimum Gasteiger partial charge on any atom is -0.476 e. The first kappa shape index (κ1) is 12.7. The average molecular weight is 361 g/mol. The van der Waals surface area contributed by atoms with Crippen LogP contribution in [0.1, 0.15) is 21.9 Å². The van der Waals surface area contributed by atoms with E-state index in [9.17, 15) is 9.59 Å². The highest BCUT2D eigenvalue weighted by Gasteiger charge is 2.12. The normalized spacial score (nSPS) is 10.6. The first-order valence-electron chi connectivity index (χ1n) is 4.89. The highest BCUT2D eigenvalue weighted by Crippen LogP contribution is 2.06. The second kappa shape index (κ2) is 4.88. The molecule has 94 valence electrons. The van der Waals surface area contributed by atoms with Crippen molar-refractivity contribution in [2.75, 3.05) is 0 Å². The molecule has 0 unspecified atom stereocenters. The maximum Gasteiger partial charge on any atom is 0.358 e. The van der Waals surface area contributed by atoms with Gasteiger partial charge in [0.25, 0.3) is 5.56 Å². The van der Waals surface area contributed by atoms with Gasteiger partial charge in [-0.25, -0.2) is 9.78 Å². The molecule has 2 aromatic heterocycles. The van der Waals surface area contributed by atoms with Crippen LogP contribution < -0.4 is 5.56 Å². The Bertz CT molecular complexity index is 661. The molecule has 2 aromatic rings. The monoisotopic (exact) mass is 361 g/mol. The van der Waals surface area contributed by atoms with E-state index in [-0.39, 0.29) is 23.6 Å². The van der Waals surface area contributed by atoms with E-state index >= 15 is 0 Å². The second-order valence-corrected chi connectivity index (χ2v) is 4.64. The second-order valence-electron chi connectivity index (χ2n) is 3.56. The van der Waals surface area contributed by atoms with Crippen molar-refractivity contribution in [3.05, 3.63) is 43.5 Å². The molecule has 0 amide bonds. The number of rotatable bonds is 3. The predicted octanol–water partition coefficient (Wildman–Crippen LogP) is 0.891. The van der Waals surface area contributed by atoms with Gasteiger partial charge in [0.15, 0.2) is 11.5 Å². The third-order valence-electron chi connectivity index (χ3n) is 2.26. The van der Waals surface area contributed by atoms with E-state index in [0.29, 0.717) is 9.26 Å². The van der Waals surface area contributed by atoms with Gasteiger partial charge in [0.2, 0.25) is 0 Å². The summed E-state index contributed by atoms with van der Waals surface area (Å²) in [4.78, 5) is 26.6. The molecule has 0 spiro atoms. The molecular weight excluding hydrogens is 353 g/mol. The first-order chi connectivity index (χ1) is 8.49. The molecule has 0 fully saturated rings. The smallest absolute Gasteiger partial charge is 0.358 e. The summed E-state index contributed by atoms with van der Waals surface area (Å²) >= 11 is 1.92. The van der Waals surface area contributed by atoms with E-state index in [1.165, 1.54) is 17.0 Å². The lowest BCUT2D eigenvalue weighted by atomic mass is 10.3. The molecular formula is C10H8IN3O4. The molecule has 0 atom stereocenters. The standard InChI is InChI=1S/C10H8IN3O4/c1-5-8(11)9(15)14(4-12-5)3-6-2-7(10(16)17)13-18-6/h2,4H,3H2,1H3,(H,16,17). The number of aromatic nitrogens is 3. The number of aromatic carboxylic acids is 1. The van der Waals surface area contributed by atoms with E-state index < -0.39 is 5.97 Å². The number of hydrogen-bond acceptors (Lipinski definition) is 5. The van der Waals surface area contributed by atoms with Crippen LogP contribution in [0.2, 0.25) is 0 Å². The molecule has 18 heavy (non-hydrogen) atoms. The molecule has 0 aromatic carbocycles. The van der Waals surface area contributed by atoms with Gasteiger partial charge in [-0.1, -0.05) is 5.16 Å². The Morgan fingerprint density at radius 1 is 1.61 bits per heavy atom. The van der Waals surface area contributed by atoms with Crippen LogP contribution >= 0.6 is 22.6 Å². The van der Waals surface area contributed by atoms with Crippen molar-refractivity contribution in [3.63, 3.8) is 0 Å². The van der Waals surface area contributed by atoms with Gasteiger partial charge in [0.05, 0.1) is 22.1 Å². The van der Waals surface area contributed by atoms with Crippen molar-refractivity contribution in [3.8, 4) is 0 Å². The van der Waals surface area contributed by atoms with E-state index in [1.807, 2.05) is 22.6 Å². The highest BCUT2D eigenvalue weighted by molar-refractivity contribution is 14.1. The van der Waals surface area contributed by atoms with Gasteiger partial charge in [-0.3, -0.25) is 9.36 Å². The van der Waals surface area contributed by atoms with Crippen LogP contribution in [0, 0.1) is 10.5 Å². The van der Waals surface area contributed by atoms with Crippen LogP contribution in [-0.4, -0.2) is 25.8 Å². The summed E-state index contributed by atoms with van der Waals surface area (Å²) in [5.41, 5.74) is 0.268. The topological polar surface area (TPSA) is 98.2 Å². The molecule has 0 bridgehead atoms. The highest BCUT2D eigenvalue weighted by atomic mass is 127. The maximum atomic E-state index is 11.9. The van der Waals surface area contributed by atoms with Crippen molar-refractivity contribution in [2.24, 2.45) is 0 Å². The largest absolute Gasteiger partial charge is 0.476 e. The fourth-order valence-corrected chi connectivity index (χ4v) is 1.76. The van der Waals surface area contributed by atoms with Crippen LogP contribution in [0.15, 0.2) is 21.7 Å². The summed E-state index contributed by atoms with van der Waals surface area (Å²) in [6.45, 7) is 1.84.